The molecule has 1 rings (SSSR count). The number of thioether (sulfide) groups is 1. The van der Waals surface area contributed by atoms with E-state index in [0.29, 0.717) is 6.61 Å². The maximum atomic E-state index is 8.59. The summed E-state index contributed by atoms with van der Waals surface area (Å²) >= 11 is 1.89. The molecule has 1 aromatic rings. The highest BCUT2D eigenvalue weighted by Crippen LogP contribution is 2.01. The van der Waals surface area contributed by atoms with Gasteiger partial charge in [0.05, 0.1) is 0 Å². The Labute approximate surface area is 95.9 Å². The van der Waals surface area contributed by atoms with E-state index in [9.17, 15) is 0 Å². The van der Waals surface area contributed by atoms with Crippen molar-refractivity contribution in [1.82, 2.24) is 9.88 Å². The summed E-state index contributed by atoms with van der Waals surface area (Å²) in [4.78, 5) is 0. The Bertz CT molecular complexity index is 263. The average molecular weight is 228 g/mol. The molecule has 15 heavy (non-hydrogen) atoms. The molecule has 0 aromatic carbocycles. The van der Waals surface area contributed by atoms with Crippen molar-refractivity contribution in [3.05, 3.63) is 24.0 Å². The summed E-state index contributed by atoms with van der Waals surface area (Å²) in [6.45, 7) is 2.27. The van der Waals surface area contributed by atoms with E-state index in [1.165, 1.54) is 5.69 Å². The summed E-state index contributed by atoms with van der Waals surface area (Å²) in [7, 11) is 2.06. The predicted molar refractivity (Wildman–Crippen MR) is 66.1 cm³/mol. The SMILES string of the molecule is Cn1cccc1CNCCSCCCO. The van der Waals surface area contributed by atoms with E-state index in [-0.39, 0.29) is 0 Å². The van der Waals surface area contributed by atoms with Crippen LogP contribution in [-0.2, 0) is 13.6 Å². The number of aryl methyl sites for hydroxylation is 1. The minimum atomic E-state index is 0.309. The Morgan fingerprint density at radius 1 is 1.47 bits per heavy atom. The van der Waals surface area contributed by atoms with Gasteiger partial charge in [0.15, 0.2) is 0 Å². The Balaban J connectivity index is 1.96. The molecule has 0 aliphatic heterocycles. The number of rotatable bonds is 8. The molecule has 0 unspecified atom stereocenters. The number of aromatic nitrogens is 1. The van der Waals surface area contributed by atoms with Crippen LogP contribution in [0.5, 0.6) is 0 Å². The second-order valence-corrected chi connectivity index (χ2v) is 4.70. The van der Waals surface area contributed by atoms with Crippen LogP contribution in [0.1, 0.15) is 12.1 Å². The maximum Gasteiger partial charge on any atom is 0.0438 e. The van der Waals surface area contributed by atoms with Crippen molar-refractivity contribution in [2.24, 2.45) is 7.05 Å². The molecule has 0 saturated carbocycles. The molecule has 1 heterocycles. The fraction of sp³-hybridized carbons (Fsp3) is 0.636. The van der Waals surface area contributed by atoms with Crippen LogP contribution >= 0.6 is 11.8 Å². The van der Waals surface area contributed by atoms with Gasteiger partial charge in [-0.15, -0.1) is 0 Å². The van der Waals surface area contributed by atoms with Gasteiger partial charge in [-0.3, -0.25) is 0 Å². The van der Waals surface area contributed by atoms with Crippen LogP contribution < -0.4 is 5.32 Å². The minimum Gasteiger partial charge on any atom is -0.396 e. The van der Waals surface area contributed by atoms with Crippen molar-refractivity contribution in [1.29, 1.82) is 0 Å². The highest BCUT2D eigenvalue weighted by Gasteiger charge is 1.95. The molecule has 3 nitrogen and oxygen atoms in total. The van der Waals surface area contributed by atoms with E-state index >= 15 is 0 Å². The third-order valence-electron chi connectivity index (χ3n) is 2.23. The number of nitrogens with zero attached hydrogens (tertiary/aromatic N) is 1. The highest BCUT2D eigenvalue weighted by molar-refractivity contribution is 7.99. The normalized spacial score (nSPS) is 10.8. The molecule has 0 radical (unpaired) electrons. The van der Waals surface area contributed by atoms with Crippen LogP contribution in [-0.4, -0.2) is 34.3 Å². The maximum absolute atomic E-state index is 8.59. The lowest BCUT2D eigenvalue weighted by molar-refractivity contribution is 0.296. The smallest absolute Gasteiger partial charge is 0.0438 e. The zero-order chi connectivity index (χ0) is 10.9. The zero-order valence-corrected chi connectivity index (χ0v) is 10.1. The van der Waals surface area contributed by atoms with Crippen molar-refractivity contribution in [3.8, 4) is 0 Å². The predicted octanol–water partition coefficient (Wildman–Crippen LogP) is 1.23. The molecule has 2 N–H and O–H groups in total. The van der Waals surface area contributed by atoms with E-state index in [1.54, 1.807) is 0 Å². The van der Waals surface area contributed by atoms with Crippen LogP contribution in [0.3, 0.4) is 0 Å². The molecule has 0 spiro atoms. The highest BCUT2D eigenvalue weighted by atomic mass is 32.2. The standard InChI is InChI=1S/C11H20N2OS/c1-13-6-2-4-11(13)10-12-5-9-15-8-3-7-14/h2,4,6,12,14H,3,5,7-10H2,1H3. The second kappa shape index (κ2) is 7.79. The summed E-state index contributed by atoms with van der Waals surface area (Å²) in [6, 6.07) is 4.19. The molecule has 0 bridgehead atoms. The Hall–Kier alpha value is -0.450. The summed E-state index contributed by atoms with van der Waals surface area (Å²) in [5, 5.41) is 12.0. The third-order valence-corrected chi connectivity index (χ3v) is 3.30. The van der Waals surface area contributed by atoms with Gasteiger partial charge in [0, 0.05) is 44.4 Å². The summed E-state index contributed by atoms with van der Waals surface area (Å²) in [5.74, 6) is 2.17. The van der Waals surface area contributed by atoms with Crippen LogP contribution in [0.25, 0.3) is 0 Å². The van der Waals surface area contributed by atoms with E-state index in [0.717, 1.165) is 31.0 Å². The average Bonchev–Trinajstić information content (AvgIpc) is 2.63. The lowest BCUT2D eigenvalue weighted by Gasteiger charge is -2.05. The molecular weight excluding hydrogens is 208 g/mol. The first-order valence-electron chi connectivity index (χ1n) is 5.34. The lowest BCUT2D eigenvalue weighted by Crippen LogP contribution is -2.18. The first kappa shape index (κ1) is 12.6. The van der Waals surface area contributed by atoms with Gasteiger partial charge in [0.1, 0.15) is 0 Å². The Kier molecular flexibility index (Phi) is 6.55. The van der Waals surface area contributed by atoms with Gasteiger partial charge in [0.25, 0.3) is 0 Å². The van der Waals surface area contributed by atoms with Crippen LogP contribution in [0.2, 0.25) is 0 Å². The van der Waals surface area contributed by atoms with Gasteiger partial charge >= 0.3 is 0 Å². The monoisotopic (exact) mass is 228 g/mol. The molecule has 0 atom stereocenters. The van der Waals surface area contributed by atoms with Crippen molar-refractivity contribution >= 4 is 11.8 Å². The minimum absolute atomic E-state index is 0.309. The first-order chi connectivity index (χ1) is 7.34. The third kappa shape index (κ3) is 5.25. The van der Waals surface area contributed by atoms with Gasteiger partial charge in [-0.1, -0.05) is 0 Å². The number of hydrogen-bond donors (Lipinski definition) is 2. The molecule has 0 aliphatic carbocycles. The fourth-order valence-electron chi connectivity index (χ4n) is 1.31. The van der Waals surface area contributed by atoms with Crippen molar-refractivity contribution in [2.45, 2.75) is 13.0 Å². The molecule has 0 saturated heterocycles. The van der Waals surface area contributed by atoms with E-state index in [1.807, 2.05) is 11.8 Å². The largest absolute Gasteiger partial charge is 0.396 e. The molecule has 0 aliphatic rings. The van der Waals surface area contributed by atoms with Gasteiger partial charge in [-0.2, -0.15) is 11.8 Å². The Morgan fingerprint density at radius 2 is 2.33 bits per heavy atom. The second-order valence-electron chi connectivity index (χ2n) is 3.48. The summed E-state index contributed by atoms with van der Waals surface area (Å²) in [6.07, 6.45) is 2.97. The molecule has 86 valence electrons. The van der Waals surface area contributed by atoms with Crippen molar-refractivity contribution in [2.75, 3.05) is 24.7 Å². The summed E-state index contributed by atoms with van der Waals surface area (Å²) < 4.78 is 2.13. The molecule has 0 fully saturated rings. The first-order valence-corrected chi connectivity index (χ1v) is 6.49. The van der Waals surface area contributed by atoms with Gasteiger partial charge in [-0.25, -0.2) is 0 Å². The van der Waals surface area contributed by atoms with Crippen LogP contribution in [0.15, 0.2) is 18.3 Å². The molecule has 1 aromatic heterocycles. The topological polar surface area (TPSA) is 37.2 Å². The van der Waals surface area contributed by atoms with Gasteiger partial charge in [0.2, 0.25) is 0 Å². The summed E-state index contributed by atoms with van der Waals surface area (Å²) in [5.41, 5.74) is 1.32. The fourth-order valence-corrected chi connectivity index (χ4v) is 2.14. The molecule has 4 heteroatoms. The number of nitrogens with one attached hydrogen (secondary N) is 1. The Morgan fingerprint density at radius 3 is 3.00 bits per heavy atom. The van der Waals surface area contributed by atoms with Crippen LogP contribution in [0, 0.1) is 0 Å². The van der Waals surface area contributed by atoms with Gasteiger partial charge < -0.3 is 15.0 Å². The van der Waals surface area contributed by atoms with E-state index < -0.39 is 0 Å². The van der Waals surface area contributed by atoms with Gasteiger partial charge in [-0.05, 0) is 24.3 Å². The lowest BCUT2D eigenvalue weighted by atomic mass is 10.4. The molecular formula is C11H20N2OS. The zero-order valence-electron chi connectivity index (χ0n) is 9.28. The number of aliphatic hydroxyl groups is 1. The van der Waals surface area contributed by atoms with E-state index in [2.05, 4.69) is 35.3 Å². The molecule has 0 amide bonds. The number of hydrogen-bond acceptors (Lipinski definition) is 3. The number of aliphatic hydroxyl groups excluding tert-OH is 1. The van der Waals surface area contributed by atoms with E-state index in [4.69, 9.17) is 5.11 Å². The quantitative estimate of drug-likeness (QED) is 0.657. The van der Waals surface area contributed by atoms with Crippen molar-refractivity contribution < 1.29 is 5.11 Å². The van der Waals surface area contributed by atoms with Crippen molar-refractivity contribution in [3.63, 3.8) is 0 Å². The van der Waals surface area contributed by atoms with Crippen LogP contribution in [0.4, 0.5) is 0 Å².